The van der Waals surface area contributed by atoms with Crippen molar-refractivity contribution in [2.24, 2.45) is 5.73 Å². The predicted molar refractivity (Wildman–Crippen MR) is 71.7 cm³/mol. The Morgan fingerprint density at radius 1 is 1.47 bits per heavy atom. The van der Waals surface area contributed by atoms with Crippen LogP contribution in [0.4, 0.5) is 0 Å². The maximum atomic E-state index is 12.1. The quantitative estimate of drug-likeness (QED) is 0.597. The fourth-order valence-electron chi connectivity index (χ4n) is 1.39. The van der Waals surface area contributed by atoms with Crippen molar-refractivity contribution >= 4 is 27.6 Å². The number of esters is 1. The Kier molecular flexibility index (Phi) is 5.74. The fourth-order valence-corrected chi connectivity index (χ4v) is 2.81. The smallest absolute Gasteiger partial charge is 0.339 e. The van der Waals surface area contributed by atoms with E-state index in [9.17, 15) is 13.2 Å². The van der Waals surface area contributed by atoms with Gasteiger partial charge in [0.05, 0.1) is 17.6 Å². The van der Waals surface area contributed by atoms with Crippen molar-refractivity contribution in [2.75, 3.05) is 20.2 Å². The number of hydrogen-bond donors (Lipinski definition) is 2. The molecule has 0 aliphatic rings. The molecule has 106 valence electrons. The van der Waals surface area contributed by atoms with Crippen LogP contribution < -0.4 is 10.5 Å². The molecule has 1 aromatic rings. The normalized spacial score (nSPS) is 11.3. The first-order valence-electron chi connectivity index (χ1n) is 5.50. The van der Waals surface area contributed by atoms with Crippen molar-refractivity contribution in [1.29, 1.82) is 0 Å². The molecule has 1 aromatic carbocycles. The summed E-state index contributed by atoms with van der Waals surface area (Å²) in [7, 11) is -2.63. The zero-order chi connectivity index (χ0) is 14.5. The van der Waals surface area contributed by atoms with Crippen LogP contribution in [0.1, 0.15) is 16.8 Å². The Balaban J connectivity index is 3.15. The summed E-state index contributed by atoms with van der Waals surface area (Å²) in [6.07, 6.45) is 0.500. The summed E-state index contributed by atoms with van der Waals surface area (Å²) < 4.78 is 31.0. The average molecular weight is 307 g/mol. The van der Waals surface area contributed by atoms with Crippen molar-refractivity contribution in [3.63, 3.8) is 0 Å². The van der Waals surface area contributed by atoms with Gasteiger partial charge in [0.2, 0.25) is 10.0 Å². The second-order valence-corrected chi connectivity index (χ2v) is 5.84. The summed E-state index contributed by atoms with van der Waals surface area (Å²) in [6, 6.07) is 3.91. The molecule has 0 amide bonds. The highest BCUT2D eigenvalue weighted by Gasteiger charge is 2.22. The van der Waals surface area contributed by atoms with Gasteiger partial charge in [0.1, 0.15) is 0 Å². The molecule has 0 unspecified atom stereocenters. The van der Waals surface area contributed by atoms with Gasteiger partial charge in [-0.25, -0.2) is 17.9 Å². The highest BCUT2D eigenvalue weighted by molar-refractivity contribution is 7.89. The van der Waals surface area contributed by atoms with E-state index >= 15 is 0 Å². The summed E-state index contributed by atoms with van der Waals surface area (Å²) in [5.41, 5.74) is 5.19. The van der Waals surface area contributed by atoms with Crippen molar-refractivity contribution in [3.05, 3.63) is 28.8 Å². The Labute approximate surface area is 116 Å². The molecule has 19 heavy (non-hydrogen) atoms. The fraction of sp³-hybridized carbons (Fsp3) is 0.364. The summed E-state index contributed by atoms with van der Waals surface area (Å²) in [5, 5.41) is 0.251. The van der Waals surface area contributed by atoms with Crippen LogP contribution in [0.25, 0.3) is 0 Å². The van der Waals surface area contributed by atoms with E-state index in [-0.39, 0.29) is 22.0 Å². The maximum absolute atomic E-state index is 12.1. The van der Waals surface area contributed by atoms with Crippen LogP contribution >= 0.6 is 11.6 Å². The molecular weight excluding hydrogens is 292 g/mol. The molecule has 0 aliphatic carbocycles. The molecule has 0 spiro atoms. The average Bonchev–Trinajstić information content (AvgIpc) is 2.37. The third-order valence-electron chi connectivity index (χ3n) is 2.31. The van der Waals surface area contributed by atoms with Crippen molar-refractivity contribution in [2.45, 2.75) is 11.3 Å². The van der Waals surface area contributed by atoms with Gasteiger partial charge in [0, 0.05) is 11.6 Å². The minimum Gasteiger partial charge on any atom is -0.465 e. The molecule has 8 heteroatoms. The molecular formula is C11H15ClN2O4S. The summed E-state index contributed by atoms with van der Waals surface area (Å²) in [5.74, 6) is -0.762. The minimum atomic E-state index is -3.80. The number of ether oxygens (including phenoxy) is 1. The van der Waals surface area contributed by atoms with E-state index in [2.05, 4.69) is 9.46 Å². The zero-order valence-electron chi connectivity index (χ0n) is 10.3. The lowest BCUT2D eigenvalue weighted by Crippen LogP contribution is -2.27. The van der Waals surface area contributed by atoms with Crippen molar-refractivity contribution in [3.8, 4) is 0 Å². The standard InChI is InChI=1S/C11H15ClN2O4S/c1-18-11(15)9-7-8(12)3-4-10(9)19(16,17)14-6-2-5-13/h3-4,7,14H,2,5-6,13H2,1H3. The van der Waals surface area contributed by atoms with Gasteiger partial charge in [-0.1, -0.05) is 11.6 Å². The number of rotatable bonds is 6. The third kappa shape index (κ3) is 4.17. The first kappa shape index (κ1) is 15.9. The van der Waals surface area contributed by atoms with Gasteiger partial charge in [0.15, 0.2) is 0 Å². The largest absolute Gasteiger partial charge is 0.465 e. The number of hydrogen-bond acceptors (Lipinski definition) is 5. The summed E-state index contributed by atoms with van der Waals surface area (Å²) in [6.45, 7) is 0.565. The van der Waals surface area contributed by atoms with Gasteiger partial charge in [0.25, 0.3) is 0 Å². The second-order valence-electron chi connectivity index (χ2n) is 3.67. The maximum Gasteiger partial charge on any atom is 0.339 e. The van der Waals surface area contributed by atoms with Gasteiger partial charge in [-0.2, -0.15) is 0 Å². The van der Waals surface area contributed by atoms with Crippen LogP contribution in [-0.2, 0) is 14.8 Å². The number of carbonyl (C=O) groups is 1. The van der Waals surface area contributed by atoms with E-state index in [4.69, 9.17) is 17.3 Å². The number of methoxy groups -OCH3 is 1. The van der Waals surface area contributed by atoms with Gasteiger partial charge < -0.3 is 10.5 Å². The van der Waals surface area contributed by atoms with Gasteiger partial charge in [-0.05, 0) is 31.2 Å². The first-order valence-corrected chi connectivity index (χ1v) is 7.36. The molecule has 0 fully saturated rings. The Hall–Kier alpha value is -1.15. The summed E-state index contributed by atoms with van der Waals surface area (Å²) >= 11 is 5.76. The lowest BCUT2D eigenvalue weighted by molar-refractivity contribution is 0.0596. The van der Waals surface area contributed by atoms with Crippen LogP contribution in [0, 0.1) is 0 Å². The molecule has 6 nitrogen and oxygen atoms in total. The lowest BCUT2D eigenvalue weighted by atomic mass is 10.2. The molecule has 0 aromatic heterocycles. The minimum absolute atomic E-state index is 0.102. The SMILES string of the molecule is COC(=O)c1cc(Cl)ccc1S(=O)(=O)NCCCN. The van der Waals surface area contributed by atoms with Gasteiger partial charge in [-0.3, -0.25) is 0 Å². The van der Waals surface area contributed by atoms with Crippen molar-refractivity contribution < 1.29 is 17.9 Å². The zero-order valence-corrected chi connectivity index (χ0v) is 11.9. The Bertz CT molecular complexity index is 560. The monoisotopic (exact) mass is 306 g/mol. The lowest BCUT2D eigenvalue weighted by Gasteiger charge is -2.10. The highest BCUT2D eigenvalue weighted by Crippen LogP contribution is 2.21. The molecule has 3 N–H and O–H groups in total. The molecule has 0 bridgehead atoms. The van der Waals surface area contributed by atoms with Gasteiger partial charge in [-0.15, -0.1) is 0 Å². The van der Waals surface area contributed by atoms with Gasteiger partial charge >= 0.3 is 5.97 Å². The molecule has 0 heterocycles. The van der Waals surface area contributed by atoms with Crippen LogP contribution in [0.5, 0.6) is 0 Å². The van der Waals surface area contributed by atoms with E-state index < -0.39 is 16.0 Å². The van der Waals surface area contributed by atoms with E-state index in [0.717, 1.165) is 0 Å². The second kappa shape index (κ2) is 6.85. The molecule has 0 saturated heterocycles. The number of nitrogens with two attached hydrogens (primary N) is 1. The number of carbonyl (C=O) groups excluding carboxylic acids is 1. The third-order valence-corrected chi connectivity index (χ3v) is 4.06. The topological polar surface area (TPSA) is 98.5 Å². The molecule has 0 saturated carbocycles. The summed E-state index contributed by atoms with van der Waals surface area (Å²) in [4.78, 5) is 11.4. The Morgan fingerprint density at radius 3 is 2.74 bits per heavy atom. The van der Waals surface area contributed by atoms with E-state index in [1.807, 2.05) is 0 Å². The van der Waals surface area contributed by atoms with E-state index in [0.29, 0.717) is 13.0 Å². The Morgan fingerprint density at radius 2 is 2.16 bits per heavy atom. The first-order chi connectivity index (χ1) is 8.92. The van der Waals surface area contributed by atoms with Crippen LogP contribution in [0.15, 0.2) is 23.1 Å². The number of benzene rings is 1. The van der Waals surface area contributed by atoms with Crippen LogP contribution in [0.3, 0.4) is 0 Å². The predicted octanol–water partition coefficient (Wildman–Crippen LogP) is 0.754. The highest BCUT2D eigenvalue weighted by atomic mass is 35.5. The molecule has 0 radical (unpaired) electrons. The number of halogens is 1. The van der Waals surface area contributed by atoms with Crippen LogP contribution in [-0.4, -0.2) is 34.6 Å². The number of nitrogens with one attached hydrogen (secondary N) is 1. The van der Waals surface area contributed by atoms with E-state index in [1.54, 1.807) is 0 Å². The number of sulfonamides is 1. The molecule has 0 atom stereocenters. The molecule has 0 aliphatic heterocycles. The van der Waals surface area contributed by atoms with E-state index in [1.165, 1.54) is 25.3 Å². The molecule has 1 rings (SSSR count). The van der Waals surface area contributed by atoms with Crippen molar-refractivity contribution in [1.82, 2.24) is 4.72 Å². The van der Waals surface area contributed by atoms with Crippen LogP contribution in [0.2, 0.25) is 5.02 Å².